The summed E-state index contributed by atoms with van der Waals surface area (Å²) in [6, 6.07) is 8.79. The maximum absolute atomic E-state index is 12.5. The Morgan fingerprint density at radius 2 is 2.10 bits per heavy atom. The van der Waals surface area contributed by atoms with Gasteiger partial charge in [-0.25, -0.2) is 0 Å². The minimum Gasteiger partial charge on any atom is -0.358 e. The van der Waals surface area contributed by atoms with Crippen molar-refractivity contribution in [3.05, 3.63) is 35.5 Å². The fraction of sp³-hybridized carbons (Fsp3) is 0.471. The quantitative estimate of drug-likeness (QED) is 0.781. The van der Waals surface area contributed by atoms with Gasteiger partial charge in [0.1, 0.15) is 0 Å². The van der Waals surface area contributed by atoms with Gasteiger partial charge in [-0.1, -0.05) is 25.1 Å². The van der Waals surface area contributed by atoms with Crippen LogP contribution in [0.25, 0.3) is 10.9 Å². The molecule has 0 saturated carbocycles. The molecule has 2 unspecified atom stereocenters. The Morgan fingerprint density at radius 3 is 3.00 bits per heavy atom. The fourth-order valence-corrected chi connectivity index (χ4v) is 3.91. The van der Waals surface area contributed by atoms with Gasteiger partial charge in [-0.3, -0.25) is 4.79 Å². The van der Waals surface area contributed by atoms with E-state index in [1.54, 1.807) is 0 Å². The summed E-state index contributed by atoms with van der Waals surface area (Å²) in [6.45, 7) is 2.98. The number of carbonyl (C=O) groups excluding carboxylic acids is 1. The van der Waals surface area contributed by atoms with Crippen LogP contribution in [0.5, 0.6) is 0 Å². The fourth-order valence-electron chi connectivity index (χ4n) is 3.91. The number of rotatable bonds is 0. The monoisotopic (exact) mass is 268 g/mol. The second-order valence-electron chi connectivity index (χ2n) is 6.19. The lowest BCUT2D eigenvalue weighted by atomic mass is 9.88. The molecule has 0 aliphatic carbocycles. The standard InChI is InChI=1S/C17H20N2O/c1-11-8-9-15-16-12-5-2-3-6-13(12)18-14(16)7-4-10-19(15)17(11)20/h2-3,5-6,11,15,18H,4,7-10H2,1H3. The van der Waals surface area contributed by atoms with Crippen LogP contribution in [0.15, 0.2) is 24.3 Å². The molecule has 1 saturated heterocycles. The topological polar surface area (TPSA) is 36.1 Å². The average molecular weight is 268 g/mol. The summed E-state index contributed by atoms with van der Waals surface area (Å²) in [6.07, 6.45) is 4.23. The highest BCUT2D eigenvalue weighted by Crippen LogP contribution is 2.41. The predicted molar refractivity (Wildman–Crippen MR) is 79.5 cm³/mol. The van der Waals surface area contributed by atoms with Gasteiger partial charge < -0.3 is 9.88 Å². The number of amides is 1. The van der Waals surface area contributed by atoms with E-state index >= 15 is 0 Å². The lowest BCUT2D eigenvalue weighted by Crippen LogP contribution is -2.42. The van der Waals surface area contributed by atoms with Gasteiger partial charge in [-0.05, 0) is 31.7 Å². The van der Waals surface area contributed by atoms with E-state index in [1.807, 2.05) is 0 Å². The summed E-state index contributed by atoms with van der Waals surface area (Å²) in [5, 5.41) is 1.31. The Morgan fingerprint density at radius 1 is 1.25 bits per heavy atom. The van der Waals surface area contributed by atoms with Gasteiger partial charge >= 0.3 is 0 Å². The zero-order chi connectivity index (χ0) is 13.7. The van der Waals surface area contributed by atoms with Crippen LogP contribution >= 0.6 is 0 Å². The molecule has 1 N–H and O–H groups in total. The molecule has 0 radical (unpaired) electrons. The normalized spacial score (nSPS) is 26.2. The first-order valence-electron chi connectivity index (χ1n) is 7.65. The molecule has 4 rings (SSSR count). The number of H-pyrrole nitrogens is 1. The zero-order valence-electron chi connectivity index (χ0n) is 11.9. The van der Waals surface area contributed by atoms with Gasteiger partial charge in [0, 0.05) is 34.6 Å². The van der Waals surface area contributed by atoms with Gasteiger partial charge in [0.15, 0.2) is 0 Å². The molecule has 1 amide bonds. The van der Waals surface area contributed by atoms with Gasteiger partial charge in [-0.15, -0.1) is 0 Å². The number of piperidine rings is 1. The second-order valence-corrected chi connectivity index (χ2v) is 6.19. The van der Waals surface area contributed by atoms with Crippen LogP contribution in [-0.2, 0) is 11.2 Å². The van der Waals surface area contributed by atoms with E-state index in [0.29, 0.717) is 5.91 Å². The lowest BCUT2D eigenvalue weighted by molar-refractivity contribution is -0.141. The molecular formula is C17H20N2O. The number of aryl methyl sites for hydroxylation is 1. The maximum Gasteiger partial charge on any atom is 0.225 e. The van der Waals surface area contributed by atoms with Gasteiger partial charge in [0.2, 0.25) is 5.91 Å². The number of aromatic nitrogens is 1. The smallest absolute Gasteiger partial charge is 0.225 e. The van der Waals surface area contributed by atoms with E-state index in [2.05, 4.69) is 41.1 Å². The van der Waals surface area contributed by atoms with Gasteiger partial charge in [-0.2, -0.15) is 0 Å². The molecule has 1 aromatic carbocycles. The molecule has 2 atom stereocenters. The Labute approximate surface area is 119 Å². The van der Waals surface area contributed by atoms with Crippen molar-refractivity contribution in [1.29, 1.82) is 0 Å². The van der Waals surface area contributed by atoms with E-state index in [1.165, 1.54) is 22.2 Å². The number of nitrogens with one attached hydrogen (secondary N) is 1. The minimum atomic E-state index is 0.193. The van der Waals surface area contributed by atoms with Crippen molar-refractivity contribution >= 4 is 16.8 Å². The van der Waals surface area contributed by atoms with Crippen molar-refractivity contribution in [1.82, 2.24) is 9.88 Å². The molecule has 0 bridgehead atoms. The van der Waals surface area contributed by atoms with Crippen molar-refractivity contribution in [2.75, 3.05) is 6.54 Å². The molecule has 3 heteroatoms. The summed E-state index contributed by atoms with van der Waals surface area (Å²) in [4.78, 5) is 18.2. The van der Waals surface area contributed by atoms with Crippen molar-refractivity contribution in [3.63, 3.8) is 0 Å². The van der Waals surface area contributed by atoms with Crippen LogP contribution in [-0.4, -0.2) is 22.3 Å². The van der Waals surface area contributed by atoms with Crippen molar-refractivity contribution in [2.24, 2.45) is 5.92 Å². The Hall–Kier alpha value is -1.77. The number of nitrogens with zero attached hydrogens (tertiary/aromatic N) is 1. The number of benzene rings is 1. The first-order chi connectivity index (χ1) is 9.75. The summed E-state index contributed by atoms with van der Waals surface area (Å²) in [5.41, 5.74) is 3.95. The van der Waals surface area contributed by atoms with Crippen LogP contribution in [0.4, 0.5) is 0 Å². The third-order valence-electron chi connectivity index (χ3n) is 4.94. The average Bonchev–Trinajstić information content (AvgIpc) is 2.72. The molecule has 2 aliphatic rings. The van der Waals surface area contributed by atoms with E-state index in [9.17, 15) is 4.79 Å². The number of aromatic amines is 1. The molecule has 0 spiro atoms. The van der Waals surface area contributed by atoms with Crippen molar-refractivity contribution < 1.29 is 4.79 Å². The second kappa shape index (κ2) is 4.37. The summed E-state index contributed by atoms with van der Waals surface area (Å²) >= 11 is 0. The third-order valence-corrected chi connectivity index (χ3v) is 4.94. The van der Waals surface area contributed by atoms with E-state index in [-0.39, 0.29) is 12.0 Å². The lowest BCUT2D eigenvalue weighted by Gasteiger charge is -2.37. The van der Waals surface area contributed by atoms with Crippen molar-refractivity contribution in [2.45, 2.75) is 38.6 Å². The molecule has 1 fully saturated rings. The Kier molecular flexibility index (Phi) is 2.62. The minimum absolute atomic E-state index is 0.193. The number of para-hydroxylation sites is 1. The first kappa shape index (κ1) is 12.0. The highest BCUT2D eigenvalue weighted by Gasteiger charge is 2.37. The van der Waals surface area contributed by atoms with Crippen LogP contribution in [0.3, 0.4) is 0 Å². The zero-order valence-corrected chi connectivity index (χ0v) is 11.9. The number of hydrogen-bond donors (Lipinski definition) is 1. The van der Waals surface area contributed by atoms with Crippen LogP contribution in [0, 0.1) is 5.92 Å². The van der Waals surface area contributed by atoms with Crippen LogP contribution in [0.2, 0.25) is 0 Å². The molecule has 2 aliphatic heterocycles. The SMILES string of the molecule is CC1CCC2c3c([nH]c4ccccc34)CCCN2C1=O. The number of carbonyl (C=O) groups is 1. The summed E-state index contributed by atoms with van der Waals surface area (Å²) in [7, 11) is 0. The molecule has 1 aromatic heterocycles. The van der Waals surface area contributed by atoms with Crippen LogP contribution in [0.1, 0.15) is 43.5 Å². The molecule has 20 heavy (non-hydrogen) atoms. The highest BCUT2D eigenvalue weighted by molar-refractivity contribution is 5.87. The van der Waals surface area contributed by atoms with E-state index < -0.39 is 0 Å². The summed E-state index contributed by atoms with van der Waals surface area (Å²) in [5.74, 6) is 0.539. The van der Waals surface area contributed by atoms with Gasteiger partial charge in [0.05, 0.1) is 6.04 Å². The highest BCUT2D eigenvalue weighted by atomic mass is 16.2. The predicted octanol–water partition coefficient (Wildman–Crippen LogP) is 3.41. The first-order valence-corrected chi connectivity index (χ1v) is 7.65. The third kappa shape index (κ3) is 1.62. The number of hydrogen-bond acceptors (Lipinski definition) is 1. The molecule has 3 heterocycles. The largest absolute Gasteiger partial charge is 0.358 e. The molecule has 3 nitrogen and oxygen atoms in total. The van der Waals surface area contributed by atoms with Crippen LogP contribution < -0.4 is 0 Å². The van der Waals surface area contributed by atoms with Gasteiger partial charge in [0.25, 0.3) is 0 Å². The molecular weight excluding hydrogens is 248 g/mol. The van der Waals surface area contributed by atoms with Crippen molar-refractivity contribution in [3.8, 4) is 0 Å². The summed E-state index contributed by atoms with van der Waals surface area (Å²) < 4.78 is 0. The maximum atomic E-state index is 12.5. The molecule has 104 valence electrons. The Balaban J connectivity index is 1.89. The number of fused-ring (bicyclic) bond motifs is 5. The Bertz CT molecular complexity index is 673. The van der Waals surface area contributed by atoms with E-state index in [0.717, 1.165) is 32.2 Å². The molecule has 2 aromatic rings. The van der Waals surface area contributed by atoms with E-state index in [4.69, 9.17) is 0 Å².